The Bertz CT molecular complexity index is 1360. The van der Waals surface area contributed by atoms with E-state index in [0.29, 0.717) is 34.7 Å². The molecule has 0 fully saturated rings. The smallest absolute Gasteiger partial charge is 0.286 e. The van der Waals surface area contributed by atoms with Crippen LogP contribution in [0.25, 0.3) is 21.2 Å². The number of para-hydroxylation sites is 2. The Morgan fingerprint density at radius 2 is 2.10 bits per heavy atom. The van der Waals surface area contributed by atoms with Gasteiger partial charge >= 0.3 is 0 Å². The maximum Gasteiger partial charge on any atom is 0.286 e. The molecule has 146 valence electrons. The third-order valence-corrected chi connectivity index (χ3v) is 5.43. The Balaban J connectivity index is 1.90. The van der Waals surface area contributed by atoms with E-state index < -0.39 is 11.3 Å². The van der Waals surface area contributed by atoms with Crippen molar-refractivity contribution in [3.63, 3.8) is 0 Å². The summed E-state index contributed by atoms with van der Waals surface area (Å²) in [6.07, 6.45) is 2.90. The maximum atomic E-state index is 12.8. The molecule has 29 heavy (non-hydrogen) atoms. The molecule has 0 aliphatic rings. The number of benzene rings is 2. The molecule has 2 heterocycles. The number of thiazole rings is 1. The quantitative estimate of drug-likeness (QED) is 0.467. The highest BCUT2D eigenvalue weighted by atomic mass is 32.1. The average Bonchev–Trinajstić information content (AvgIpc) is 3.07. The van der Waals surface area contributed by atoms with Gasteiger partial charge in [-0.3, -0.25) is 9.59 Å². The number of hydrogen-bond acceptors (Lipinski definition) is 5. The lowest BCUT2D eigenvalue weighted by atomic mass is 10.2. The van der Waals surface area contributed by atoms with Gasteiger partial charge in [0, 0.05) is 6.54 Å². The lowest BCUT2D eigenvalue weighted by molar-refractivity contribution is 0.0995. The zero-order chi connectivity index (χ0) is 20.4. The fourth-order valence-electron chi connectivity index (χ4n) is 3.13. The molecule has 0 saturated carbocycles. The molecule has 0 bridgehead atoms. The Morgan fingerprint density at radius 1 is 1.28 bits per heavy atom. The molecular weight excluding hydrogens is 388 g/mol. The van der Waals surface area contributed by atoms with Crippen LogP contribution in [0.3, 0.4) is 0 Å². The van der Waals surface area contributed by atoms with E-state index in [1.807, 2.05) is 29.7 Å². The van der Waals surface area contributed by atoms with Gasteiger partial charge < -0.3 is 13.7 Å². The van der Waals surface area contributed by atoms with E-state index in [4.69, 9.17) is 9.15 Å². The highest BCUT2D eigenvalue weighted by Gasteiger charge is 2.16. The van der Waals surface area contributed by atoms with E-state index in [-0.39, 0.29) is 5.56 Å². The summed E-state index contributed by atoms with van der Waals surface area (Å²) in [5.74, 6) is 0.0639. The van der Waals surface area contributed by atoms with Crippen molar-refractivity contribution >= 4 is 38.4 Å². The second-order valence-electron chi connectivity index (χ2n) is 6.21. The van der Waals surface area contributed by atoms with Crippen LogP contribution in [0, 0.1) is 0 Å². The van der Waals surface area contributed by atoms with Crippen molar-refractivity contribution < 1.29 is 13.9 Å². The molecule has 6 nitrogen and oxygen atoms in total. The first-order valence-electron chi connectivity index (χ1n) is 9.09. The van der Waals surface area contributed by atoms with E-state index in [1.54, 1.807) is 30.3 Å². The number of carbonyl (C=O) groups excluding carboxylic acids is 1. The Kier molecular flexibility index (Phi) is 5.14. The highest BCUT2D eigenvalue weighted by Crippen LogP contribution is 2.27. The average molecular weight is 406 g/mol. The predicted octanol–water partition coefficient (Wildman–Crippen LogP) is 4.14. The Morgan fingerprint density at radius 3 is 2.90 bits per heavy atom. The number of rotatable bonds is 5. The normalized spacial score (nSPS) is 11.8. The van der Waals surface area contributed by atoms with Crippen molar-refractivity contribution in [2.24, 2.45) is 4.99 Å². The van der Waals surface area contributed by atoms with Crippen LogP contribution in [0.1, 0.15) is 17.3 Å². The summed E-state index contributed by atoms with van der Waals surface area (Å²) >= 11 is 1.35. The fourth-order valence-corrected chi connectivity index (χ4v) is 4.18. The van der Waals surface area contributed by atoms with Crippen LogP contribution < -0.4 is 15.0 Å². The molecule has 0 atom stereocenters. The van der Waals surface area contributed by atoms with Crippen LogP contribution in [-0.4, -0.2) is 17.1 Å². The van der Waals surface area contributed by atoms with Gasteiger partial charge in [-0.1, -0.05) is 35.6 Å². The monoisotopic (exact) mass is 406 g/mol. The van der Waals surface area contributed by atoms with Gasteiger partial charge in [-0.25, -0.2) is 0 Å². The summed E-state index contributed by atoms with van der Waals surface area (Å²) in [5, 5.41) is 0.350. The largest absolute Gasteiger partial charge is 0.492 e. The van der Waals surface area contributed by atoms with Gasteiger partial charge in [0.2, 0.25) is 5.43 Å². The third-order valence-electron chi connectivity index (χ3n) is 4.38. The van der Waals surface area contributed by atoms with Crippen molar-refractivity contribution in [3.8, 4) is 5.75 Å². The molecule has 0 aliphatic carbocycles. The summed E-state index contributed by atoms with van der Waals surface area (Å²) in [6.45, 7) is 6.68. The number of amides is 1. The van der Waals surface area contributed by atoms with Crippen molar-refractivity contribution in [2.75, 3.05) is 6.61 Å². The zero-order valence-electron chi connectivity index (χ0n) is 15.8. The topological polar surface area (TPSA) is 73.8 Å². The maximum absolute atomic E-state index is 12.8. The molecule has 2 aromatic heterocycles. The molecule has 0 N–H and O–H groups in total. The van der Waals surface area contributed by atoms with Gasteiger partial charge in [0.15, 0.2) is 4.80 Å². The van der Waals surface area contributed by atoms with Gasteiger partial charge in [0.25, 0.3) is 5.91 Å². The molecule has 4 aromatic rings. The lowest BCUT2D eigenvalue weighted by Crippen LogP contribution is -2.20. The molecule has 1 amide bonds. The van der Waals surface area contributed by atoms with Gasteiger partial charge in [-0.05, 0) is 31.2 Å². The molecule has 0 spiro atoms. The van der Waals surface area contributed by atoms with Gasteiger partial charge in [-0.15, -0.1) is 6.58 Å². The molecule has 4 rings (SSSR count). The summed E-state index contributed by atoms with van der Waals surface area (Å²) in [5.41, 5.74) is 0.777. The van der Waals surface area contributed by atoms with Gasteiger partial charge in [0.1, 0.15) is 28.7 Å². The number of aromatic nitrogens is 1. The number of carbonyl (C=O) groups is 1. The summed E-state index contributed by atoms with van der Waals surface area (Å²) in [7, 11) is 0. The first kappa shape index (κ1) is 18.9. The lowest BCUT2D eigenvalue weighted by Gasteiger charge is -2.07. The summed E-state index contributed by atoms with van der Waals surface area (Å²) in [4.78, 5) is 30.2. The molecule has 2 aromatic carbocycles. The number of fused-ring (bicyclic) bond motifs is 2. The standard InChI is InChI=1S/C22H18N2O4S/c1-3-12-24-19-17(27-4-2)10-7-11-18(19)29-22(24)23-21(26)15-13-28-16-9-6-5-8-14(16)20(15)25/h3,5-11,13H,1,4,12H2,2H3. The minimum absolute atomic E-state index is 0.101. The molecule has 0 unspecified atom stereocenters. The van der Waals surface area contributed by atoms with Crippen LogP contribution in [0.4, 0.5) is 0 Å². The zero-order valence-corrected chi connectivity index (χ0v) is 16.6. The second kappa shape index (κ2) is 7.89. The van der Waals surface area contributed by atoms with Gasteiger partial charge in [-0.2, -0.15) is 4.99 Å². The number of ether oxygens (including phenoxy) is 1. The first-order valence-corrected chi connectivity index (χ1v) is 9.91. The summed E-state index contributed by atoms with van der Waals surface area (Å²) < 4.78 is 14.0. The molecule has 0 radical (unpaired) electrons. The SMILES string of the molecule is C=CCn1c(=NC(=O)c2coc3ccccc3c2=O)sc2cccc(OCC)c21. The molecule has 7 heteroatoms. The first-order chi connectivity index (χ1) is 14.1. The van der Waals surface area contributed by atoms with Crippen LogP contribution in [0.2, 0.25) is 0 Å². The van der Waals surface area contributed by atoms with Gasteiger partial charge in [0.05, 0.1) is 16.7 Å². The predicted molar refractivity (Wildman–Crippen MR) is 114 cm³/mol. The fraction of sp³-hybridized carbons (Fsp3) is 0.136. The molecule has 0 saturated heterocycles. The Labute approximate surface area is 170 Å². The van der Waals surface area contributed by atoms with Crippen LogP contribution >= 0.6 is 11.3 Å². The van der Waals surface area contributed by atoms with Crippen molar-refractivity contribution in [1.29, 1.82) is 0 Å². The van der Waals surface area contributed by atoms with E-state index >= 15 is 0 Å². The minimum Gasteiger partial charge on any atom is -0.492 e. The van der Waals surface area contributed by atoms with Crippen LogP contribution in [0.15, 0.2) is 75.6 Å². The Hall–Kier alpha value is -3.45. The van der Waals surface area contributed by atoms with Crippen LogP contribution in [-0.2, 0) is 6.54 Å². The third kappa shape index (κ3) is 3.40. The number of allylic oxidation sites excluding steroid dienone is 1. The van der Waals surface area contributed by atoms with E-state index in [1.165, 1.54) is 17.6 Å². The van der Waals surface area contributed by atoms with E-state index in [9.17, 15) is 9.59 Å². The van der Waals surface area contributed by atoms with Crippen molar-refractivity contribution in [2.45, 2.75) is 13.5 Å². The van der Waals surface area contributed by atoms with Crippen LogP contribution in [0.5, 0.6) is 5.75 Å². The molecule has 0 aliphatic heterocycles. The summed E-state index contributed by atoms with van der Waals surface area (Å²) in [6, 6.07) is 12.5. The van der Waals surface area contributed by atoms with Crippen molar-refractivity contribution in [3.05, 3.63) is 82.0 Å². The van der Waals surface area contributed by atoms with Crippen molar-refractivity contribution in [1.82, 2.24) is 4.57 Å². The van der Waals surface area contributed by atoms with E-state index in [0.717, 1.165) is 10.2 Å². The van der Waals surface area contributed by atoms with E-state index in [2.05, 4.69) is 11.6 Å². The minimum atomic E-state index is -0.646. The number of hydrogen-bond donors (Lipinski definition) is 0. The second-order valence-corrected chi connectivity index (χ2v) is 7.22. The molecular formula is C22H18N2O4S. The number of nitrogens with zero attached hydrogens (tertiary/aromatic N) is 2. The highest BCUT2D eigenvalue weighted by molar-refractivity contribution is 7.16.